The van der Waals surface area contributed by atoms with Gasteiger partial charge < -0.3 is 9.47 Å². The minimum atomic E-state index is -0.163. The molecule has 71 heavy (non-hydrogen) atoms. The Morgan fingerprint density at radius 3 is 1.35 bits per heavy atom. The van der Waals surface area contributed by atoms with Gasteiger partial charge in [-0.1, -0.05) is 208 Å². The van der Waals surface area contributed by atoms with Gasteiger partial charge in [0.25, 0.3) is 0 Å². The molecule has 2 heteroatoms. The van der Waals surface area contributed by atoms with Crippen LogP contribution in [0.25, 0.3) is 104 Å². The minimum absolute atomic E-state index is 0.163. The van der Waals surface area contributed by atoms with Gasteiger partial charge in [-0.05, 0) is 148 Å². The first-order valence-corrected chi connectivity index (χ1v) is 24.8. The lowest BCUT2D eigenvalue weighted by atomic mass is 9.82. The van der Waals surface area contributed by atoms with Crippen molar-refractivity contribution in [2.45, 2.75) is 19.3 Å². The highest BCUT2D eigenvalue weighted by Crippen LogP contribution is 2.51. The van der Waals surface area contributed by atoms with E-state index in [0.29, 0.717) is 0 Å². The standard InChI is InChI=1S/C69H48N2/c1-69(2)64-32-16-14-29-60(64)61-42-40-49(44-65(61)69)70(47-37-35-45(36-38-47)50-31-18-34-67-68(50)62-30-15-17-33-66(62)71(67)46-19-4-3-5-20-46)48-39-41-59-57-27-11-10-25-55(57)53-23-7-6-21-51(53)52-22-8-9-24-54(52)56-26-12-13-28-58(56)63(59)43-48/h3-44H,1-2H3. The second-order valence-corrected chi connectivity index (χ2v) is 19.6. The lowest BCUT2D eigenvalue weighted by Crippen LogP contribution is -2.16. The molecule has 0 amide bonds. The average molecular weight is 905 g/mol. The summed E-state index contributed by atoms with van der Waals surface area (Å²) in [6.45, 7) is 4.74. The smallest absolute Gasteiger partial charge is 0.0547 e. The van der Waals surface area contributed by atoms with Crippen LogP contribution in [0.2, 0.25) is 0 Å². The van der Waals surface area contributed by atoms with Gasteiger partial charge in [0, 0.05) is 38.9 Å². The zero-order chi connectivity index (χ0) is 47.2. The van der Waals surface area contributed by atoms with Gasteiger partial charge in [-0.2, -0.15) is 0 Å². The maximum absolute atomic E-state index is 2.47. The van der Waals surface area contributed by atoms with E-state index in [-0.39, 0.29) is 5.41 Å². The topological polar surface area (TPSA) is 8.17 Å². The van der Waals surface area contributed by atoms with Crippen LogP contribution in [-0.2, 0) is 5.41 Å². The number of hydrogen-bond acceptors (Lipinski definition) is 1. The summed E-state index contributed by atoms with van der Waals surface area (Å²) in [4.78, 5) is 2.47. The maximum Gasteiger partial charge on any atom is 0.0547 e. The van der Waals surface area contributed by atoms with Crippen LogP contribution in [0.3, 0.4) is 0 Å². The number of anilines is 3. The van der Waals surface area contributed by atoms with Crippen molar-refractivity contribution in [2.24, 2.45) is 0 Å². The molecule has 0 radical (unpaired) electrons. The molecule has 1 heterocycles. The minimum Gasteiger partial charge on any atom is -0.310 e. The molecule has 0 spiro atoms. The van der Waals surface area contributed by atoms with Crippen molar-refractivity contribution in [3.63, 3.8) is 0 Å². The Morgan fingerprint density at radius 2 is 0.732 bits per heavy atom. The van der Waals surface area contributed by atoms with E-state index >= 15 is 0 Å². The molecule has 13 aromatic rings. The molecule has 0 fully saturated rings. The largest absolute Gasteiger partial charge is 0.310 e. The molecule has 0 saturated heterocycles. The Kier molecular flexibility index (Phi) is 9.28. The number of aromatic nitrogens is 1. The van der Waals surface area contributed by atoms with Crippen molar-refractivity contribution in [3.05, 3.63) is 266 Å². The fourth-order valence-electron chi connectivity index (χ4n) is 12.1. The van der Waals surface area contributed by atoms with E-state index in [1.165, 1.54) is 109 Å². The fourth-order valence-corrected chi connectivity index (χ4v) is 12.1. The second kappa shape index (κ2) is 16.1. The molecule has 12 aromatic carbocycles. The normalized spacial score (nSPS) is 12.8. The summed E-state index contributed by atoms with van der Waals surface area (Å²) in [6.07, 6.45) is 0. The number of hydrogen-bond donors (Lipinski definition) is 0. The molecule has 1 aliphatic carbocycles. The van der Waals surface area contributed by atoms with E-state index in [4.69, 9.17) is 0 Å². The summed E-state index contributed by atoms with van der Waals surface area (Å²) in [5.74, 6) is 0. The van der Waals surface area contributed by atoms with Gasteiger partial charge in [0.15, 0.2) is 0 Å². The van der Waals surface area contributed by atoms with Gasteiger partial charge in [0.1, 0.15) is 0 Å². The Labute approximate surface area is 413 Å². The van der Waals surface area contributed by atoms with Crippen LogP contribution in [0.1, 0.15) is 25.0 Å². The fraction of sp³-hybridized carbons (Fsp3) is 0.0435. The third-order valence-electron chi connectivity index (χ3n) is 15.4. The van der Waals surface area contributed by atoms with E-state index in [9.17, 15) is 0 Å². The molecule has 14 rings (SSSR count). The summed E-state index contributed by atoms with van der Waals surface area (Å²) in [5.41, 5.74) is 14.4. The van der Waals surface area contributed by atoms with Crippen LogP contribution in [0.4, 0.5) is 17.1 Å². The van der Waals surface area contributed by atoms with Crippen LogP contribution in [-0.4, -0.2) is 4.57 Å². The molecule has 2 nitrogen and oxygen atoms in total. The molecule has 0 saturated carbocycles. The molecule has 0 N–H and O–H groups in total. The summed E-state index contributed by atoms with van der Waals surface area (Å²) in [7, 11) is 0. The Hall–Kier alpha value is -8.98. The first kappa shape index (κ1) is 41.0. The van der Waals surface area contributed by atoms with Crippen molar-refractivity contribution in [2.75, 3.05) is 4.90 Å². The molecule has 0 atom stereocenters. The van der Waals surface area contributed by atoms with Crippen molar-refractivity contribution in [3.8, 4) is 27.9 Å². The number of fused-ring (bicyclic) bond motifs is 16. The summed E-state index contributed by atoms with van der Waals surface area (Å²) in [5, 5.41) is 14.7. The summed E-state index contributed by atoms with van der Waals surface area (Å²) in [6, 6.07) is 94.5. The van der Waals surface area contributed by atoms with Crippen molar-refractivity contribution >= 4 is 92.7 Å². The van der Waals surface area contributed by atoms with E-state index in [1.807, 2.05) is 0 Å². The van der Waals surface area contributed by atoms with Crippen LogP contribution in [0.15, 0.2) is 255 Å². The Bertz CT molecular complexity index is 4290. The van der Waals surface area contributed by atoms with Gasteiger partial charge in [-0.3, -0.25) is 0 Å². The highest BCUT2D eigenvalue weighted by molar-refractivity contribution is 6.26. The lowest BCUT2D eigenvalue weighted by molar-refractivity contribution is 0.660. The highest BCUT2D eigenvalue weighted by Gasteiger charge is 2.36. The quantitative estimate of drug-likeness (QED) is 0.167. The first-order valence-electron chi connectivity index (χ1n) is 24.8. The van der Waals surface area contributed by atoms with E-state index < -0.39 is 0 Å². The zero-order valence-electron chi connectivity index (χ0n) is 39.6. The SMILES string of the molecule is CC1(C)c2ccccc2-c2ccc(N(c3ccc(-c4cccc5c4c4ccccc4n5-c4ccccc4)cc3)c3ccc4c5ccccc5c5ccccc5c5ccccc5c5ccccc5c4c3)cc21. The monoisotopic (exact) mass is 904 g/mol. The van der Waals surface area contributed by atoms with Gasteiger partial charge in [-0.25, -0.2) is 0 Å². The predicted octanol–water partition coefficient (Wildman–Crippen LogP) is 19.1. The van der Waals surface area contributed by atoms with Gasteiger partial charge in [-0.15, -0.1) is 0 Å². The van der Waals surface area contributed by atoms with Crippen molar-refractivity contribution in [1.29, 1.82) is 0 Å². The number of nitrogens with zero attached hydrogens (tertiary/aromatic N) is 2. The average Bonchev–Trinajstić information content (AvgIpc) is 3.89. The van der Waals surface area contributed by atoms with Crippen molar-refractivity contribution < 1.29 is 0 Å². The number of rotatable bonds is 5. The number of benzene rings is 11. The van der Waals surface area contributed by atoms with Gasteiger partial charge in [0.05, 0.1) is 11.0 Å². The van der Waals surface area contributed by atoms with Gasteiger partial charge >= 0.3 is 0 Å². The molecular weight excluding hydrogens is 857 g/mol. The first-order chi connectivity index (χ1) is 35.0. The summed E-state index contributed by atoms with van der Waals surface area (Å²) >= 11 is 0. The van der Waals surface area contributed by atoms with Crippen LogP contribution < -0.4 is 4.90 Å². The maximum atomic E-state index is 2.47. The molecule has 1 aromatic heterocycles. The van der Waals surface area contributed by atoms with E-state index in [2.05, 4.69) is 278 Å². The zero-order valence-corrected chi connectivity index (χ0v) is 39.6. The molecule has 0 aliphatic heterocycles. The molecular formula is C69H48N2. The molecule has 1 aliphatic rings. The Balaban J connectivity index is 1.03. The number of para-hydroxylation sites is 2. The van der Waals surface area contributed by atoms with E-state index in [0.717, 1.165) is 22.7 Å². The summed E-state index contributed by atoms with van der Waals surface area (Å²) < 4.78 is 2.40. The predicted molar refractivity (Wildman–Crippen MR) is 304 cm³/mol. The lowest BCUT2D eigenvalue weighted by Gasteiger charge is -2.28. The van der Waals surface area contributed by atoms with Crippen LogP contribution in [0.5, 0.6) is 0 Å². The second-order valence-electron chi connectivity index (χ2n) is 19.6. The highest BCUT2D eigenvalue weighted by atomic mass is 15.1. The third kappa shape index (κ3) is 6.35. The van der Waals surface area contributed by atoms with Crippen LogP contribution in [0, 0.1) is 0 Å². The molecule has 334 valence electrons. The molecule has 0 bridgehead atoms. The van der Waals surface area contributed by atoms with Gasteiger partial charge in [0.2, 0.25) is 0 Å². The van der Waals surface area contributed by atoms with E-state index in [1.54, 1.807) is 0 Å². The Morgan fingerprint density at radius 1 is 0.296 bits per heavy atom. The van der Waals surface area contributed by atoms with Crippen LogP contribution >= 0.6 is 0 Å². The molecule has 0 unspecified atom stereocenters. The third-order valence-corrected chi connectivity index (χ3v) is 15.4. The van der Waals surface area contributed by atoms with Crippen molar-refractivity contribution in [1.82, 2.24) is 4.57 Å².